The maximum absolute atomic E-state index is 12.3. The number of hydrogen-bond donors (Lipinski definition) is 0. The Balaban J connectivity index is 2.05. The molecule has 21 heavy (non-hydrogen) atoms. The van der Waals surface area contributed by atoms with Crippen molar-refractivity contribution in [2.45, 2.75) is 26.7 Å². The number of halogens is 1. The molecule has 0 radical (unpaired) electrons. The zero-order valence-electron chi connectivity index (χ0n) is 12.3. The number of rotatable bonds is 6. The lowest BCUT2D eigenvalue weighted by molar-refractivity contribution is 0.0771. The van der Waals surface area contributed by atoms with Crippen LogP contribution in [0.2, 0.25) is 0 Å². The number of carbonyl (C=O) groups excluding carboxylic acids is 1. The van der Waals surface area contributed by atoms with Gasteiger partial charge in [-0.3, -0.25) is 9.48 Å². The van der Waals surface area contributed by atoms with Gasteiger partial charge in [-0.1, -0.05) is 0 Å². The molecule has 0 saturated heterocycles. The van der Waals surface area contributed by atoms with Crippen LogP contribution in [-0.4, -0.2) is 44.5 Å². The number of ether oxygens (including phenoxy) is 1. The molecule has 0 N–H and O–H groups in total. The maximum atomic E-state index is 12.3. The van der Waals surface area contributed by atoms with E-state index in [0.717, 1.165) is 16.7 Å². The van der Waals surface area contributed by atoms with Crippen molar-refractivity contribution in [3.05, 3.63) is 34.3 Å². The molecule has 0 saturated carbocycles. The van der Waals surface area contributed by atoms with Crippen LogP contribution in [-0.2, 0) is 24.6 Å². The molecule has 2 aromatic heterocycles. The van der Waals surface area contributed by atoms with Gasteiger partial charge in [-0.25, -0.2) is 4.68 Å². The van der Waals surface area contributed by atoms with Crippen molar-refractivity contribution in [3.63, 3.8) is 0 Å². The summed E-state index contributed by atoms with van der Waals surface area (Å²) in [6, 6.07) is 1.68. The molecule has 7 nitrogen and oxygen atoms in total. The minimum absolute atomic E-state index is 0.150. The average molecular weight is 356 g/mol. The second-order valence-corrected chi connectivity index (χ2v) is 5.45. The van der Waals surface area contributed by atoms with Crippen molar-refractivity contribution in [1.29, 1.82) is 0 Å². The summed E-state index contributed by atoms with van der Waals surface area (Å²) in [5.41, 5.74) is 1.21. The van der Waals surface area contributed by atoms with E-state index in [4.69, 9.17) is 4.74 Å². The van der Waals surface area contributed by atoms with Crippen LogP contribution >= 0.6 is 15.9 Å². The smallest absolute Gasteiger partial charge is 0.274 e. The summed E-state index contributed by atoms with van der Waals surface area (Å²) in [4.78, 5) is 13.9. The van der Waals surface area contributed by atoms with Crippen molar-refractivity contribution >= 4 is 21.8 Å². The van der Waals surface area contributed by atoms with Crippen LogP contribution in [0, 0.1) is 0 Å². The minimum atomic E-state index is -0.150. The lowest BCUT2D eigenvalue weighted by Crippen LogP contribution is -2.27. The quantitative estimate of drug-likeness (QED) is 0.791. The van der Waals surface area contributed by atoms with E-state index in [-0.39, 0.29) is 5.91 Å². The number of amides is 1. The molecule has 0 aliphatic rings. The van der Waals surface area contributed by atoms with Gasteiger partial charge in [0.15, 0.2) is 0 Å². The molecule has 1 amide bonds. The summed E-state index contributed by atoms with van der Waals surface area (Å²) in [6.45, 7) is 3.55. The van der Waals surface area contributed by atoms with Crippen LogP contribution < -0.4 is 0 Å². The highest BCUT2D eigenvalue weighted by Gasteiger charge is 2.17. The van der Waals surface area contributed by atoms with E-state index in [9.17, 15) is 4.79 Å². The largest absolute Gasteiger partial charge is 0.362 e. The van der Waals surface area contributed by atoms with Crippen molar-refractivity contribution in [2.24, 2.45) is 0 Å². The van der Waals surface area contributed by atoms with Crippen LogP contribution in [0.1, 0.15) is 23.1 Å². The van der Waals surface area contributed by atoms with Gasteiger partial charge in [-0.15, -0.1) is 0 Å². The SMILES string of the molecule is CCn1cc(Br)c(CN(C)C(=O)c2ccn(COC)n2)n1. The van der Waals surface area contributed by atoms with Gasteiger partial charge in [-0.05, 0) is 28.9 Å². The fourth-order valence-electron chi connectivity index (χ4n) is 1.88. The Labute approximate surface area is 131 Å². The first-order chi connectivity index (χ1) is 10.0. The predicted octanol–water partition coefficient (Wildman–Crippen LogP) is 1.74. The van der Waals surface area contributed by atoms with E-state index >= 15 is 0 Å². The lowest BCUT2D eigenvalue weighted by Gasteiger charge is -2.14. The Morgan fingerprint density at radius 2 is 2.19 bits per heavy atom. The second-order valence-electron chi connectivity index (χ2n) is 4.60. The fraction of sp³-hybridized carbons (Fsp3) is 0.462. The normalized spacial score (nSPS) is 10.9. The molecule has 2 aromatic rings. The summed E-state index contributed by atoms with van der Waals surface area (Å²) in [5.74, 6) is -0.150. The number of aryl methyl sites for hydroxylation is 1. The molecule has 0 unspecified atom stereocenters. The standard InChI is InChI=1S/C13H18BrN5O2/c1-4-18-7-10(14)12(16-18)8-17(2)13(20)11-5-6-19(15-11)9-21-3/h5-7H,4,8-9H2,1-3H3. The van der Waals surface area contributed by atoms with E-state index in [1.807, 2.05) is 17.8 Å². The van der Waals surface area contributed by atoms with Crippen molar-refractivity contribution < 1.29 is 9.53 Å². The van der Waals surface area contributed by atoms with Gasteiger partial charge < -0.3 is 9.64 Å². The predicted molar refractivity (Wildman–Crippen MR) is 80.6 cm³/mol. The monoisotopic (exact) mass is 355 g/mol. The van der Waals surface area contributed by atoms with Crippen LogP contribution in [0.25, 0.3) is 0 Å². The third-order valence-electron chi connectivity index (χ3n) is 2.97. The second kappa shape index (κ2) is 6.86. The number of hydrogen-bond acceptors (Lipinski definition) is 4. The van der Waals surface area contributed by atoms with E-state index in [1.165, 1.54) is 0 Å². The Kier molecular flexibility index (Phi) is 5.13. The molecular weight excluding hydrogens is 338 g/mol. The number of nitrogens with zero attached hydrogens (tertiary/aromatic N) is 5. The molecule has 0 spiro atoms. The third-order valence-corrected chi connectivity index (χ3v) is 3.63. The Hall–Kier alpha value is -1.67. The molecule has 0 bridgehead atoms. The summed E-state index contributed by atoms with van der Waals surface area (Å²) >= 11 is 3.46. The zero-order valence-corrected chi connectivity index (χ0v) is 13.9. The first-order valence-electron chi connectivity index (χ1n) is 6.54. The van der Waals surface area contributed by atoms with Crippen LogP contribution in [0.4, 0.5) is 0 Å². The van der Waals surface area contributed by atoms with Gasteiger partial charge in [0, 0.05) is 33.1 Å². The Morgan fingerprint density at radius 3 is 2.81 bits per heavy atom. The van der Waals surface area contributed by atoms with E-state index in [2.05, 4.69) is 26.1 Å². The molecule has 8 heteroatoms. The average Bonchev–Trinajstić information content (AvgIpc) is 3.06. The Morgan fingerprint density at radius 1 is 1.43 bits per heavy atom. The van der Waals surface area contributed by atoms with Gasteiger partial charge >= 0.3 is 0 Å². The van der Waals surface area contributed by atoms with E-state index in [0.29, 0.717) is 19.0 Å². The molecule has 114 valence electrons. The topological polar surface area (TPSA) is 65.2 Å². The summed E-state index contributed by atoms with van der Waals surface area (Å²) in [5, 5.41) is 8.58. The third kappa shape index (κ3) is 3.70. The summed E-state index contributed by atoms with van der Waals surface area (Å²) in [7, 11) is 3.31. The summed E-state index contributed by atoms with van der Waals surface area (Å²) < 4.78 is 9.26. The number of aromatic nitrogens is 4. The van der Waals surface area contributed by atoms with E-state index in [1.54, 1.807) is 36.0 Å². The Bertz CT molecular complexity index is 622. The highest BCUT2D eigenvalue weighted by molar-refractivity contribution is 9.10. The minimum Gasteiger partial charge on any atom is -0.362 e. The number of methoxy groups -OCH3 is 1. The molecule has 0 aliphatic heterocycles. The van der Waals surface area contributed by atoms with Crippen LogP contribution in [0.15, 0.2) is 22.9 Å². The highest BCUT2D eigenvalue weighted by atomic mass is 79.9. The number of carbonyl (C=O) groups is 1. The zero-order chi connectivity index (χ0) is 15.4. The van der Waals surface area contributed by atoms with Gasteiger partial charge in [0.1, 0.15) is 12.4 Å². The summed E-state index contributed by atoms with van der Waals surface area (Å²) in [6.07, 6.45) is 3.62. The highest BCUT2D eigenvalue weighted by Crippen LogP contribution is 2.17. The van der Waals surface area contributed by atoms with Crippen LogP contribution in [0.5, 0.6) is 0 Å². The molecule has 2 rings (SSSR count). The van der Waals surface area contributed by atoms with Crippen LogP contribution in [0.3, 0.4) is 0 Å². The maximum Gasteiger partial charge on any atom is 0.274 e. The van der Waals surface area contributed by atoms with Gasteiger partial charge in [-0.2, -0.15) is 10.2 Å². The van der Waals surface area contributed by atoms with Gasteiger partial charge in [0.05, 0.1) is 16.7 Å². The molecule has 2 heterocycles. The molecular formula is C13H18BrN5O2. The lowest BCUT2D eigenvalue weighted by atomic mass is 10.3. The van der Waals surface area contributed by atoms with Crippen molar-refractivity contribution in [3.8, 4) is 0 Å². The molecule has 0 aliphatic carbocycles. The van der Waals surface area contributed by atoms with Crippen molar-refractivity contribution in [2.75, 3.05) is 14.2 Å². The first kappa shape index (κ1) is 15.7. The molecule has 0 atom stereocenters. The fourth-order valence-corrected chi connectivity index (χ4v) is 2.32. The first-order valence-corrected chi connectivity index (χ1v) is 7.34. The van der Waals surface area contributed by atoms with Crippen molar-refractivity contribution in [1.82, 2.24) is 24.5 Å². The molecule has 0 aromatic carbocycles. The molecule has 0 fully saturated rings. The van der Waals surface area contributed by atoms with E-state index < -0.39 is 0 Å². The van der Waals surface area contributed by atoms with Gasteiger partial charge in [0.2, 0.25) is 0 Å². The van der Waals surface area contributed by atoms with Gasteiger partial charge in [0.25, 0.3) is 5.91 Å².